The van der Waals surface area contributed by atoms with Crippen LogP contribution in [0.3, 0.4) is 0 Å². The lowest BCUT2D eigenvalue weighted by molar-refractivity contribution is 0.126. The zero-order valence-electron chi connectivity index (χ0n) is 9.74. The van der Waals surface area contributed by atoms with Crippen molar-refractivity contribution in [3.63, 3.8) is 0 Å². The normalized spacial score (nSPS) is 25.4. The molecule has 0 aliphatic heterocycles. The number of hydrogen-bond acceptors (Lipinski definition) is 3. The van der Waals surface area contributed by atoms with Crippen LogP contribution in [0.15, 0.2) is 18.2 Å². The minimum Gasteiger partial charge on any atom is -0.397 e. The van der Waals surface area contributed by atoms with E-state index in [9.17, 15) is 5.11 Å². The summed E-state index contributed by atoms with van der Waals surface area (Å²) >= 11 is 0. The summed E-state index contributed by atoms with van der Waals surface area (Å²) in [5.41, 5.74) is 8.97. The maximum atomic E-state index is 9.44. The predicted octanol–water partition coefficient (Wildman–Crippen LogP) is 2.29. The largest absolute Gasteiger partial charge is 0.397 e. The van der Waals surface area contributed by atoms with E-state index < -0.39 is 0 Å². The predicted molar refractivity (Wildman–Crippen MR) is 67.5 cm³/mol. The molecule has 0 amide bonds. The van der Waals surface area contributed by atoms with Crippen LogP contribution in [-0.2, 0) is 0 Å². The van der Waals surface area contributed by atoms with Crippen LogP contribution in [0.1, 0.15) is 31.2 Å². The number of aryl methyl sites for hydroxylation is 1. The Bertz CT molecular complexity index is 357. The highest BCUT2D eigenvalue weighted by atomic mass is 16.3. The average molecular weight is 220 g/mol. The molecule has 3 nitrogen and oxygen atoms in total. The Labute approximate surface area is 96.7 Å². The summed E-state index contributed by atoms with van der Waals surface area (Å²) in [5.74, 6) is 0. The Balaban J connectivity index is 2.00. The van der Waals surface area contributed by atoms with Crippen LogP contribution in [-0.4, -0.2) is 17.3 Å². The van der Waals surface area contributed by atoms with Gasteiger partial charge in [-0.3, -0.25) is 0 Å². The first kappa shape index (κ1) is 11.3. The number of hydrogen-bond donors (Lipinski definition) is 3. The second kappa shape index (κ2) is 4.74. The second-order valence-corrected chi connectivity index (χ2v) is 4.74. The van der Waals surface area contributed by atoms with Gasteiger partial charge in [0.1, 0.15) is 0 Å². The molecule has 1 saturated carbocycles. The van der Waals surface area contributed by atoms with Crippen molar-refractivity contribution < 1.29 is 5.11 Å². The molecule has 0 unspecified atom stereocenters. The molecule has 2 rings (SSSR count). The fourth-order valence-corrected chi connectivity index (χ4v) is 2.24. The number of aliphatic hydroxyl groups excluding tert-OH is 1. The maximum Gasteiger partial charge on any atom is 0.0578 e. The standard InChI is InChI=1S/C13H20N2O/c1-9-2-7-12(14)13(8-9)15-10-3-5-11(16)6-4-10/h2,7-8,10-11,15-16H,3-6,14H2,1H3. The number of nitrogen functional groups attached to an aromatic ring is 1. The Morgan fingerprint density at radius 1 is 1.25 bits per heavy atom. The van der Waals surface area contributed by atoms with E-state index in [2.05, 4.69) is 18.3 Å². The highest BCUT2D eigenvalue weighted by molar-refractivity contribution is 5.67. The third-order valence-electron chi connectivity index (χ3n) is 3.27. The maximum absolute atomic E-state index is 9.44. The Hall–Kier alpha value is -1.22. The van der Waals surface area contributed by atoms with Gasteiger partial charge in [0.2, 0.25) is 0 Å². The van der Waals surface area contributed by atoms with Crippen molar-refractivity contribution in [1.29, 1.82) is 0 Å². The van der Waals surface area contributed by atoms with Gasteiger partial charge < -0.3 is 16.2 Å². The lowest BCUT2D eigenvalue weighted by atomic mass is 9.93. The molecular weight excluding hydrogens is 200 g/mol. The van der Waals surface area contributed by atoms with Gasteiger partial charge in [-0.25, -0.2) is 0 Å². The molecule has 1 aromatic rings. The van der Waals surface area contributed by atoms with Gasteiger partial charge in [0.05, 0.1) is 17.5 Å². The van der Waals surface area contributed by atoms with E-state index in [-0.39, 0.29) is 6.10 Å². The van der Waals surface area contributed by atoms with Gasteiger partial charge in [-0.15, -0.1) is 0 Å². The summed E-state index contributed by atoms with van der Waals surface area (Å²) in [4.78, 5) is 0. The number of nitrogens with one attached hydrogen (secondary N) is 1. The van der Waals surface area contributed by atoms with Gasteiger partial charge in [0, 0.05) is 6.04 Å². The Morgan fingerprint density at radius 2 is 1.94 bits per heavy atom. The van der Waals surface area contributed by atoms with Crippen LogP contribution in [0.25, 0.3) is 0 Å². The molecule has 1 fully saturated rings. The molecule has 0 atom stereocenters. The third-order valence-corrected chi connectivity index (χ3v) is 3.27. The van der Waals surface area contributed by atoms with E-state index in [4.69, 9.17) is 5.73 Å². The first-order valence-corrected chi connectivity index (χ1v) is 5.96. The van der Waals surface area contributed by atoms with E-state index >= 15 is 0 Å². The van der Waals surface area contributed by atoms with Crippen LogP contribution in [0, 0.1) is 6.92 Å². The molecule has 1 aromatic carbocycles. The van der Waals surface area contributed by atoms with Gasteiger partial charge >= 0.3 is 0 Å². The topological polar surface area (TPSA) is 58.3 Å². The van der Waals surface area contributed by atoms with Gasteiger partial charge in [-0.05, 0) is 50.3 Å². The van der Waals surface area contributed by atoms with Crippen molar-refractivity contribution in [1.82, 2.24) is 0 Å². The molecule has 3 heteroatoms. The van der Waals surface area contributed by atoms with Crippen LogP contribution in [0.4, 0.5) is 11.4 Å². The Morgan fingerprint density at radius 3 is 2.62 bits per heavy atom. The number of aliphatic hydroxyl groups is 1. The lowest BCUT2D eigenvalue weighted by Crippen LogP contribution is -2.28. The third kappa shape index (κ3) is 2.67. The SMILES string of the molecule is Cc1ccc(N)c(NC2CCC(O)CC2)c1. The zero-order chi connectivity index (χ0) is 11.5. The van der Waals surface area contributed by atoms with Gasteiger partial charge in [0.15, 0.2) is 0 Å². The number of nitrogens with two attached hydrogens (primary N) is 1. The molecule has 0 spiro atoms. The molecular formula is C13H20N2O. The Kier molecular flexibility index (Phi) is 3.34. The van der Waals surface area contributed by atoms with Crippen LogP contribution < -0.4 is 11.1 Å². The minimum absolute atomic E-state index is 0.104. The summed E-state index contributed by atoms with van der Waals surface area (Å²) < 4.78 is 0. The minimum atomic E-state index is -0.104. The second-order valence-electron chi connectivity index (χ2n) is 4.74. The van der Waals surface area contributed by atoms with Crippen molar-refractivity contribution in [2.24, 2.45) is 0 Å². The molecule has 0 saturated heterocycles. The fourth-order valence-electron chi connectivity index (χ4n) is 2.24. The number of rotatable bonds is 2. The molecule has 0 radical (unpaired) electrons. The summed E-state index contributed by atoms with van der Waals surface area (Å²) in [6.45, 7) is 2.06. The number of benzene rings is 1. The molecule has 0 aromatic heterocycles. The van der Waals surface area contributed by atoms with E-state index in [0.717, 1.165) is 37.1 Å². The van der Waals surface area contributed by atoms with Crippen LogP contribution in [0.2, 0.25) is 0 Å². The zero-order valence-corrected chi connectivity index (χ0v) is 9.74. The molecule has 0 heterocycles. The molecule has 1 aliphatic rings. The van der Waals surface area contributed by atoms with Crippen molar-refractivity contribution in [3.8, 4) is 0 Å². The first-order valence-electron chi connectivity index (χ1n) is 5.96. The van der Waals surface area contributed by atoms with E-state index in [0.29, 0.717) is 6.04 Å². The van der Waals surface area contributed by atoms with E-state index in [1.807, 2.05) is 12.1 Å². The summed E-state index contributed by atoms with van der Waals surface area (Å²) in [7, 11) is 0. The molecule has 1 aliphatic carbocycles. The number of anilines is 2. The van der Waals surface area contributed by atoms with Gasteiger partial charge in [0.25, 0.3) is 0 Å². The summed E-state index contributed by atoms with van der Waals surface area (Å²) in [6.07, 6.45) is 3.73. The summed E-state index contributed by atoms with van der Waals surface area (Å²) in [6, 6.07) is 6.49. The van der Waals surface area contributed by atoms with E-state index in [1.165, 1.54) is 5.56 Å². The van der Waals surface area contributed by atoms with Crippen molar-refractivity contribution >= 4 is 11.4 Å². The van der Waals surface area contributed by atoms with Gasteiger partial charge in [-0.1, -0.05) is 6.07 Å². The van der Waals surface area contributed by atoms with E-state index in [1.54, 1.807) is 0 Å². The monoisotopic (exact) mass is 220 g/mol. The van der Waals surface area contributed by atoms with Crippen molar-refractivity contribution in [2.45, 2.75) is 44.8 Å². The van der Waals surface area contributed by atoms with Crippen molar-refractivity contribution in [3.05, 3.63) is 23.8 Å². The fraction of sp³-hybridized carbons (Fsp3) is 0.538. The molecule has 88 valence electrons. The highest BCUT2D eigenvalue weighted by Gasteiger charge is 2.19. The molecule has 4 N–H and O–H groups in total. The highest BCUT2D eigenvalue weighted by Crippen LogP contribution is 2.26. The van der Waals surface area contributed by atoms with Crippen LogP contribution in [0.5, 0.6) is 0 Å². The quantitative estimate of drug-likeness (QED) is 0.670. The van der Waals surface area contributed by atoms with Gasteiger partial charge in [-0.2, -0.15) is 0 Å². The molecule has 16 heavy (non-hydrogen) atoms. The lowest BCUT2D eigenvalue weighted by Gasteiger charge is -2.27. The smallest absolute Gasteiger partial charge is 0.0578 e. The van der Waals surface area contributed by atoms with Crippen LogP contribution >= 0.6 is 0 Å². The molecule has 0 bridgehead atoms. The van der Waals surface area contributed by atoms with Crippen molar-refractivity contribution in [2.75, 3.05) is 11.1 Å². The first-order chi connectivity index (χ1) is 7.65. The summed E-state index contributed by atoms with van der Waals surface area (Å²) in [5, 5.41) is 12.9. The average Bonchev–Trinajstić information content (AvgIpc) is 2.27.